The summed E-state index contributed by atoms with van der Waals surface area (Å²) in [7, 11) is -3.92. The number of anilines is 1. The molecule has 3 rings (SSSR count). The second-order valence-electron chi connectivity index (χ2n) is 7.57. The number of sulfonamides is 1. The molecule has 0 spiro atoms. The number of hydrogen-bond donors (Lipinski definition) is 2. The van der Waals surface area contributed by atoms with E-state index in [1.165, 1.54) is 23.3 Å². The van der Waals surface area contributed by atoms with E-state index in [-0.39, 0.29) is 10.5 Å². The van der Waals surface area contributed by atoms with Crippen LogP contribution in [0.5, 0.6) is 0 Å². The van der Waals surface area contributed by atoms with Crippen LogP contribution in [0.4, 0.5) is 5.69 Å². The molecule has 0 bridgehead atoms. The molecule has 0 unspecified atom stereocenters. The second kappa shape index (κ2) is 10.6. The predicted octanol–water partition coefficient (Wildman–Crippen LogP) is 5.98. The Bertz CT molecular complexity index is 1310. The van der Waals surface area contributed by atoms with Gasteiger partial charge in [-0.15, -0.1) is 17.5 Å². The summed E-state index contributed by atoms with van der Waals surface area (Å²) in [6.07, 6.45) is 2.71. The minimum absolute atomic E-state index is 0.0210. The van der Waals surface area contributed by atoms with Crippen molar-refractivity contribution < 1.29 is 18.3 Å². The third-order valence-corrected chi connectivity index (χ3v) is 7.64. The van der Waals surface area contributed by atoms with E-state index in [1.807, 2.05) is 18.2 Å². The van der Waals surface area contributed by atoms with Gasteiger partial charge in [-0.3, -0.25) is 4.72 Å². The smallest absolute Gasteiger partial charge is 0.336 e. The number of aryl methyl sites for hydroxylation is 1. The largest absolute Gasteiger partial charge is 0.478 e. The number of carboxylic acid groups (broad SMARTS) is 1. The Morgan fingerprint density at radius 1 is 1.06 bits per heavy atom. The maximum absolute atomic E-state index is 12.8. The molecule has 3 aromatic carbocycles. The van der Waals surface area contributed by atoms with E-state index in [1.54, 1.807) is 37.7 Å². The first kappa shape index (κ1) is 24.4. The maximum Gasteiger partial charge on any atom is 0.336 e. The van der Waals surface area contributed by atoms with Crippen LogP contribution in [0.15, 0.2) is 88.8 Å². The summed E-state index contributed by atoms with van der Waals surface area (Å²) in [4.78, 5) is 12.4. The van der Waals surface area contributed by atoms with Crippen molar-refractivity contribution in [3.63, 3.8) is 0 Å². The number of rotatable bonds is 9. The lowest BCUT2D eigenvalue weighted by Crippen LogP contribution is -2.15. The van der Waals surface area contributed by atoms with Crippen LogP contribution in [0.2, 0.25) is 0 Å². The molecule has 0 saturated heterocycles. The van der Waals surface area contributed by atoms with Crippen LogP contribution >= 0.6 is 11.8 Å². The fourth-order valence-corrected chi connectivity index (χ4v) is 5.19. The number of allylic oxidation sites excluding steroid dienone is 1. The quantitative estimate of drug-likeness (QED) is 0.291. The molecule has 5 nitrogen and oxygen atoms in total. The molecule has 0 heterocycles. The molecule has 7 heteroatoms. The van der Waals surface area contributed by atoms with Gasteiger partial charge in [0, 0.05) is 16.3 Å². The highest BCUT2D eigenvalue weighted by Gasteiger charge is 2.19. The number of benzene rings is 3. The molecule has 2 N–H and O–H groups in total. The lowest BCUT2D eigenvalue weighted by molar-refractivity contribution is 0.0695. The zero-order valence-electron chi connectivity index (χ0n) is 18.5. The first-order chi connectivity index (χ1) is 15.7. The van der Waals surface area contributed by atoms with Crippen molar-refractivity contribution in [2.75, 3.05) is 4.72 Å². The van der Waals surface area contributed by atoms with Gasteiger partial charge >= 0.3 is 5.97 Å². The molecule has 0 amide bonds. The average Bonchev–Trinajstić information content (AvgIpc) is 2.79. The summed E-state index contributed by atoms with van der Waals surface area (Å²) in [5, 5.41) is 9.36. The van der Waals surface area contributed by atoms with Crippen molar-refractivity contribution in [3.05, 3.63) is 107 Å². The Hall–Kier alpha value is -3.25. The highest BCUT2D eigenvalue weighted by Crippen LogP contribution is 2.26. The third-order valence-electron chi connectivity index (χ3n) is 5.20. The van der Waals surface area contributed by atoms with Crippen molar-refractivity contribution in [3.8, 4) is 0 Å². The van der Waals surface area contributed by atoms with Gasteiger partial charge in [0.05, 0.1) is 10.5 Å². The van der Waals surface area contributed by atoms with Gasteiger partial charge in [0.1, 0.15) is 0 Å². The van der Waals surface area contributed by atoms with Gasteiger partial charge in [0.15, 0.2) is 0 Å². The van der Waals surface area contributed by atoms with Crippen LogP contribution < -0.4 is 4.72 Å². The van der Waals surface area contributed by atoms with Crippen molar-refractivity contribution in [2.24, 2.45) is 0 Å². The molecule has 0 fully saturated rings. The lowest BCUT2D eigenvalue weighted by Gasteiger charge is -2.12. The number of thioether (sulfide) groups is 1. The number of hydrogen-bond acceptors (Lipinski definition) is 4. The van der Waals surface area contributed by atoms with Crippen molar-refractivity contribution in [1.82, 2.24) is 0 Å². The summed E-state index contributed by atoms with van der Waals surface area (Å²) in [5.41, 5.74) is 6.71. The van der Waals surface area contributed by atoms with Crippen LogP contribution in [-0.4, -0.2) is 19.5 Å². The molecule has 0 saturated carbocycles. The van der Waals surface area contributed by atoms with Crippen molar-refractivity contribution >= 4 is 33.4 Å². The average molecular weight is 480 g/mol. The Labute approximate surface area is 198 Å². The van der Waals surface area contributed by atoms with Gasteiger partial charge in [-0.1, -0.05) is 30.8 Å². The van der Waals surface area contributed by atoms with Crippen molar-refractivity contribution in [1.29, 1.82) is 0 Å². The zero-order chi connectivity index (χ0) is 24.0. The number of aromatic carboxylic acids is 1. The Morgan fingerprint density at radius 2 is 1.70 bits per heavy atom. The van der Waals surface area contributed by atoms with E-state index in [0.29, 0.717) is 16.8 Å². The molecule has 0 radical (unpaired) electrons. The van der Waals surface area contributed by atoms with Crippen LogP contribution in [0.25, 0.3) is 0 Å². The van der Waals surface area contributed by atoms with Crippen LogP contribution in [0.1, 0.15) is 32.6 Å². The molecule has 3 aromatic rings. The van der Waals surface area contributed by atoms with Gasteiger partial charge in [-0.05, 0) is 85.0 Å². The number of nitrogens with one attached hydrogen (secondary N) is 1. The Kier molecular flexibility index (Phi) is 7.82. The summed E-state index contributed by atoms with van der Waals surface area (Å²) >= 11 is 1.66. The van der Waals surface area contributed by atoms with E-state index in [0.717, 1.165) is 17.1 Å². The summed E-state index contributed by atoms with van der Waals surface area (Å²) < 4.78 is 28.1. The first-order valence-corrected chi connectivity index (χ1v) is 12.7. The monoisotopic (exact) mass is 479 g/mol. The van der Waals surface area contributed by atoms with E-state index in [4.69, 9.17) is 0 Å². The van der Waals surface area contributed by atoms with Crippen LogP contribution in [-0.2, 0) is 22.2 Å². The van der Waals surface area contributed by atoms with E-state index < -0.39 is 16.0 Å². The topological polar surface area (TPSA) is 83.5 Å². The lowest BCUT2D eigenvalue weighted by atomic mass is 10.0. The fourth-order valence-electron chi connectivity index (χ4n) is 3.17. The van der Waals surface area contributed by atoms with Gasteiger partial charge in [0.25, 0.3) is 10.0 Å². The van der Waals surface area contributed by atoms with Gasteiger partial charge in [0.2, 0.25) is 0 Å². The van der Waals surface area contributed by atoms with Gasteiger partial charge < -0.3 is 5.11 Å². The first-order valence-electron chi connectivity index (χ1n) is 10.2. The SMILES string of the molecule is C=C=CCc1ccc(CSc2ccc(NS(=O)(=O)c3cc(C)c(C)c(C(=O)O)c3)cc2)cc1. The third kappa shape index (κ3) is 6.39. The molecule has 0 aromatic heterocycles. The summed E-state index contributed by atoms with van der Waals surface area (Å²) in [6, 6.07) is 18.1. The minimum atomic E-state index is -3.92. The standard InChI is InChI=1S/C26H25NO4S2/c1-4-5-6-20-7-9-21(10-8-20)17-32-23-13-11-22(12-14-23)27-33(30,31)24-15-18(2)19(3)25(16-24)26(28)29/h5,7-16,27H,1,6,17H2,2-3H3,(H,28,29). The molecule has 0 aliphatic heterocycles. The molecule has 0 atom stereocenters. The number of carbonyl (C=O) groups is 1. The van der Waals surface area contributed by atoms with E-state index in [9.17, 15) is 18.3 Å². The summed E-state index contributed by atoms with van der Waals surface area (Å²) in [5.74, 6) is -0.360. The zero-order valence-corrected chi connectivity index (χ0v) is 20.1. The molecular formula is C26H25NO4S2. The van der Waals surface area contributed by atoms with Crippen LogP contribution in [0, 0.1) is 13.8 Å². The van der Waals surface area contributed by atoms with Gasteiger partial charge in [-0.2, -0.15) is 0 Å². The minimum Gasteiger partial charge on any atom is -0.478 e. The normalized spacial score (nSPS) is 11.0. The maximum atomic E-state index is 12.8. The van der Waals surface area contributed by atoms with Gasteiger partial charge in [-0.25, -0.2) is 13.2 Å². The Morgan fingerprint density at radius 3 is 2.30 bits per heavy atom. The van der Waals surface area contributed by atoms with E-state index >= 15 is 0 Å². The fraction of sp³-hybridized carbons (Fsp3) is 0.154. The highest BCUT2D eigenvalue weighted by molar-refractivity contribution is 7.98. The van der Waals surface area contributed by atoms with E-state index in [2.05, 4.69) is 41.3 Å². The predicted molar refractivity (Wildman–Crippen MR) is 134 cm³/mol. The molecule has 33 heavy (non-hydrogen) atoms. The molecule has 0 aliphatic rings. The number of carboxylic acids is 1. The Balaban J connectivity index is 1.66. The summed E-state index contributed by atoms with van der Waals surface area (Å²) in [6.45, 7) is 6.92. The molecular weight excluding hydrogens is 454 g/mol. The molecule has 0 aliphatic carbocycles. The van der Waals surface area contributed by atoms with Crippen molar-refractivity contribution in [2.45, 2.75) is 35.8 Å². The van der Waals surface area contributed by atoms with Crippen LogP contribution in [0.3, 0.4) is 0 Å². The highest BCUT2D eigenvalue weighted by atomic mass is 32.2. The molecule has 170 valence electrons. The second-order valence-corrected chi connectivity index (χ2v) is 10.3.